The van der Waals surface area contributed by atoms with Gasteiger partial charge in [-0.25, -0.2) is 14.8 Å². The lowest BCUT2D eigenvalue weighted by atomic mass is 10.1. The number of alkyl halides is 3. The predicted molar refractivity (Wildman–Crippen MR) is 124 cm³/mol. The van der Waals surface area contributed by atoms with Gasteiger partial charge in [0.2, 0.25) is 0 Å². The van der Waals surface area contributed by atoms with Crippen LogP contribution in [0.15, 0.2) is 54.7 Å². The first kappa shape index (κ1) is 22.9. The van der Waals surface area contributed by atoms with E-state index in [9.17, 15) is 23.1 Å². The average Bonchev–Trinajstić information content (AvgIpc) is 3.41. The van der Waals surface area contributed by atoms with Crippen molar-refractivity contribution in [1.29, 1.82) is 0 Å². The van der Waals surface area contributed by atoms with Crippen LogP contribution in [0.2, 0.25) is 0 Å². The van der Waals surface area contributed by atoms with Crippen LogP contribution in [-0.4, -0.2) is 21.0 Å². The van der Waals surface area contributed by atoms with Crippen LogP contribution in [-0.2, 0) is 6.18 Å². The number of aromatic nitrogens is 2. The zero-order valence-electron chi connectivity index (χ0n) is 17.5. The number of halogens is 3. The molecule has 0 aliphatic carbocycles. The van der Waals surface area contributed by atoms with E-state index in [0.717, 1.165) is 25.9 Å². The Morgan fingerprint density at radius 2 is 1.76 bits per heavy atom. The van der Waals surface area contributed by atoms with E-state index in [1.165, 1.54) is 11.3 Å². The number of hydrogen-bond donors (Lipinski definition) is 2. The van der Waals surface area contributed by atoms with Gasteiger partial charge in [-0.2, -0.15) is 13.2 Å². The summed E-state index contributed by atoms with van der Waals surface area (Å²) in [7, 11) is 0. The Labute approximate surface area is 195 Å². The molecule has 0 fully saturated rings. The van der Waals surface area contributed by atoms with Crippen molar-refractivity contribution >= 4 is 39.6 Å². The first-order chi connectivity index (χ1) is 15.6. The summed E-state index contributed by atoms with van der Waals surface area (Å²) >= 11 is 2.92. The number of anilines is 2. The molecule has 3 heterocycles. The zero-order chi connectivity index (χ0) is 23.8. The molecule has 3 aromatic heterocycles. The number of thiophene rings is 1. The third-order valence-electron chi connectivity index (χ3n) is 4.76. The molecule has 0 saturated heterocycles. The van der Waals surface area contributed by atoms with Crippen LogP contribution in [0.3, 0.4) is 0 Å². The number of thiazole rings is 1. The first-order valence-electron chi connectivity index (χ1n) is 9.87. The van der Waals surface area contributed by atoms with Crippen LogP contribution >= 0.6 is 22.7 Å². The summed E-state index contributed by atoms with van der Waals surface area (Å²) in [5.41, 5.74) is 0.214. The molecule has 4 aromatic rings. The van der Waals surface area contributed by atoms with Gasteiger partial charge in [0.25, 0.3) is 0 Å². The number of nitrogens with one attached hydrogen (secondary N) is 1. The Morgan fingerprint density at radius 3 is 2.39 bits per heavy atom. The van der Waals surface area contributed by atoms with Crippen LogP contribution in [0.5, 0.6) is 0 Å². The summed E-state index contributed by atoms with van der Waals surface area (Å²) in [4.78, 5) is 22.9. The maximum atomic E-state index is 13.0. The van der Waals surface area contributed by atoms with Gasteiger partial charge in [0, 0.05) is 16.0 Å². The summed E-state index contributed by atoms with van der Waals surface area (Å²) in [6.07, 6.45) is -4.08. The standard InChI is InChI=1S/C23H18F3N3O2S2/c1-12(2)18-19(17-9-8-16(32-17)13-6-4-3-5-7-13)33-22(28-18)29-20-15(21(30)31)10-14(11-27-20)23(24,25)26/h3-12H,1-2H3,(H,30,31)(H,27,28,29). The molecule has 0 saturated carbocycles. The maximum absolute atomic E-state index is 13.0. The van der Waals surface area contributed by atoms with Crippen LogP contribution in [0.25, 0.3) is 20.2 Å². The average molecular weight is 490 g/mol. The van der Waals surface area contributed by atoms with Crippen molar-refractivity contribution < 1.29 is 23.1 Å². The summed E-state index contributed by atoms with van der Waals surface area (Å²) in [6.45, 7) is 3.99. The van der Waals surface area contributed by atoms with Crippen molar-refractivity contribution in [2.24, 2.45) is 0 Å². The van der Waals surface area contributed by atoms with E-state index in [-0.39, 0.29) is 11.7 Å². The third kappa shape index (κ3) is 4.91. The zero-order valence-corrected chi connectivity index (χ0v) is 19.1. The number of hydrogen-bond acceptors (Lipinski definition) is 6. The molecule has 0 amide bonds. The van der Waals surface area contributed by atoms with Crippen LogP contribution in [0.1, 0.15) is 41.4 Å². The molecule has 4 rings (SSSR count). The third-order valence-corrected chi connectivity index (χ3v) is 7.06. The molecule has 0 radical (unpaired) electrons. The molecule has 10 heteroatoms. The Hall–Kier alpha value is -3.24. The molecule has 0 aliphatic heterocycles. The molecule has 0 bridgehead atoms. The van der Waals surface area contributed by atoms with E-state index in [4.69, 9.17) is 0 Å². The molecular weight excluding hydrogens is 471 g/mol. The van der Waals surface area contributed by atoms with Gasteiger partial charge in [-0.3, -0.25) is 0 Å². The van der Waals surface area contributed by atoms with Crippen molar-refractivity contribution in [2.75, 3.05) is 5.32 Å². The van der Waals surface area contributed by atoms with Crippen molar-refractivity contribution in [2.45, 2.75) is 25.9 Å². The number of carboxylic acid groups (broad SMARTS) is 1. The molecule has 170 valence electrons. The minimum Gasteiger partial charge on any atom is -0.478 e. The second-order valence-electron chi connectivity index (χ2n) is 7.47. The molecule has 5 nitrogen and oxygen atoms in total. The summed E-state index contributed by atoms with van der Waals surface area (Å²) in [6, 6.07) is 14.6. The quantitative estimate of drug-likeness (QED) is 0.293. The molecule has 0 unspecified atom stereocenters. The van der Waals surface area contributed by atoms with Gasteiger partial charge in [0.1, 0.15) is 11.4 Å². The lowest BCUT2D eigenvalue weighted by Crippen LogP contribution is -2.11. The molecular formula is C23H18F3N3O2S2. The highest BCUT2D eigenvalue weighted by atomic mass is 32.1. The van der Waals surface area contributed by atoms with Gasteiger partial charge < -0.3 is 10.4 Å². The minimum atomic E-state index is -4.69. The molecule has 0 spiro atoms. The second kappa shape index (κ2) is 8.95. The smallest absolute Gasteiger partial charge is 0.417 e. The number of aromatic carboxylic acids is 1. The minimum absolute atomic E-state index is 0.0774. The fraction of sp³-hybridized carbons (Fsp3) is 0.174. The van der Waals surface area contributed by atoms with Gasteiger partial charge in [-0.05, 0) is 29.7 Å². The Kier molecular flexibility index (Phi) is 6.22. The molecule has 0 aliphatic rings. The summed E-state index contributed by atoms with van der Waals surface area (Å²) < 4.78 is 39.0. The van der Waals surface area contributed by atoms with Crippen LogP contribution in [0.4, 0.5) is 24.1 Å². The van der Waals surface area contributed by atoms with Gasteiger partial charge in [-0.1, -0.05) is 55.5 Å². The fourth-order valence-electron chi connectivity index (χ4n) is 3.15. The van der Waals surface area contributed by atoms with Crippen molar-refractivity contribution in [1.82, 2.24) is 9.97 Å². The lowest BCUT2D eigenvalue weighted by Gasteiger charge is -2.10. The predicted octanol–water partition coefficient (Wildman–Crippen LogP) is 7.52. The fourth-order valence-corrected chi connectivity index (χ4v) is 5.40. The number of rotatable bonds is 6. The normalized spacial score (nSPS) is 11.7. The van der Waals surface area contributed by atoms with Gasteiger partial charge in [0.15, 0.2) is 5.13 Å². The van der Waals surface area contributed by atoms with Crippen LogP contribution < -0.4 is 5.32 Å². The molecule has 1 aromatic carbocycles. The molecule has 0 atom stereocenters. The van der Waals surface area contributed by atoms with Crippen LogP contribution in [0, 0.1) is 0 Å². The van der Waals surface area contributed by atoms with E-state index in [2.05, 4.69) is 15.3 Å². The topological polar surface area (TPSA) is 75.1 Å². The van der Waals surface area contributed by atoms with E-state index in [0.29, 0.717) is 17.4 Å². The van der Waals surface area contributed by atoms with E-state index in [1.54, 1.807) is 11.3 Å². The van der Waals surface area contributed by atoms with Gasteiger partial charge in [0.05, 0.1) is 16.1 Å². The van der Waals surface area contributed by atoms with E-state index < -0.39 is 23.3 Å². The number of carbonyl (C=O) groups is 1. The molecule has 2 N–H and O–H groups in total. The Bertz CT molecular complexity index is 1300. The highest BCUT2D eigenvalue weighted by molar-refractivity contribution is 7.25. The highest BCUT2D eigenvalue weighted by Gasteiger charge is 2.33. The van der Waals surface area contributed by atoms with Crippen molar-refractivity contribution in [3.63, 3.8) is 0 Å². The van der Waals surface area contributed by atoms with E-state index >= 15 is 0 Å². The number of pyridine rings is 1. The Morgan fingerprint density at radius 1 is 1.06 bits per heavy atom. The Balaban J connectivity index is 1.70. The van der Waals surface area contributed by atoms with Crippen molar-refractivity contribution in [3.8, 4) is 20.2 Å². The summed E-state index contributed by atoms with van der Waals surface area (Å²) in [5, 5.41) is 12.6. The number of carboxylic acids is 1. The van der Waals surface area contributed by atoms with Gasteiger partial charge in [-0.15, -0.1) is 11.3 Å². The highest BCUT2D eigenvalue weighted by Crippen LogP contribution is 2.43. The van der Waals surface area contributed by atoms with Crippen molar-refractivity contribution in [3.05, 3.63) is 71.5 Å². The maximum Gasteiger partial charge on any atom is 0.417 e. The largest absolute Gasteiger partial charge is 0.478 e. The monoisotopic (exact) mass is 489 g/mol. The first-order valence-corrected chi connectivity index (χ1v) is 11.5. The second-order valence-corrected chi connectivity index (χ2v) is 9.55. The number of nitrogens with zero attached hydrogens (tertiary/aromatic N) is 2. The lowest BCUT2D eigenvalue weighted by molar-refractivity contribution is -0.137. The molecule has 33 heavy (non-hydrogen) atoms. The SMILES string of the molecule is CC(C)c1nc(Nc2ncc(C(F)(F)F)cc2C(=O)O)sc1-c1ccc(-c2ccccc2)s1. The van der Waals surface area contributed by atoms with E-state index in [1.807, 2.05) is 56.3 Å². The number of benzene rings is 1. The van der Waals surface area contributed by atoms with Gasteiger partial charge >= 0.3 is 12.1 Å². The summed E-state index contributed by atoms with van der Waals surface area (Å²) in [5.74, 6) is -1.63.